The number of hydrogen-bond donors (Lipinski definition) is 1. The highest BCUT2D eigenvalue weighted by Gasteiger charge is 2.09. The Balaban J connectivity index is 1.88. The molecule has 0 amide bonds. The molecule has 118 valence electrons. The van der Waals surface area contributed by atoms with Crippen LogP contribution < -0.4 is 5.69 Å². The molecule has 0 fully saturated rings. The quantitative estimate of drug-likeness (QED) is 0.446. The lowest BCUT2D eigenvalue weighted by atomic mass is 9.98. The Labute approximate surface area is 143 Å². The molecule has 0 saturated heterocycles. The van der Waals surface area contributed by atoms with E-state index in [4.69, 9.17) is 0 Å². The predicted octanol–water partition coefficient (Wildman–Crippen LogP) is 4.90. The minimum atomic E-state index is -0.327. The van der Waals surface area contributed by atoms with Crippen molar-refractivity contribution in [2.24, 2.45) is 0 Å². The van der Waals surface area contributed by atoms with Crippen LogP contribution in [0.2, 0.25) is 0 Å². The molecule has 0 spiro atoms. The molecule has 0 aliphatic heterocycles. The summed E-state index contributed by atoms with van der Waals surface area (Å²) in [5.74, 6) is 0. The van der Waals surface area contributed by atoms with Gasteiger partial charge in [0.25, 0.3) is 0 Å². The number of benzene rings is 4. The molecule has 0 unspecified atom stereocenters. The van der Waals surface area contributed by atoms with Crippen LogP contribution in [0.3, 0.4) is 0 Å². The SMILES string of the molecule is O=c1nc(-c2ccc3ccc4ccccc4c3c2)c2ccccc2[nH]1. The van der Waals surface area contributed by atoms with Gasteiger partial charge in [0, 0.05) is 10.9 Å². The number of aromatic amines is 1. The molecule has 0 radical (unpaired) electrons. The number of para-hydroxylation sites is 1. The van der Waals surface area contributed by atoms with E-state index in [9.17, 15) is 4.79 Å². The highest BCUT2D eigenvalue weighted by Crippen LogP contribution is 2.31. The topological polar surface area (TPSA) is 45.8 Å². The molecule has 1 N–H and O–H groups in total. The maximum absolute atomic E-state index is 12.0. The first-order valence-electron chi connectivity index (χ1n) is 8.20. The zero-order valence-corrected chi connectivity index (χ0v) is 13.4. The van der Waals surface area contributed by atoms with Crippen LogP contribution in [0.15, 0.2) is 83.7 Å². The second-order valence-electron chi connectivity index (χ2n) is 6.16. The monoisotopic (exact) mass is 322 g/mol. The molecular formula is C22H14N2O. The van der Waals surface area contributed by atoms with Gasteiger partial charge in [-0.2, -0.15) is 4.98 Å². The van der Waals surface area contributed by atoms with Crippen LogP contribution in [0.1, 0.15) is 0 Å². The van der Waals surface area contributed by atoms with Crippen LogP contribution in [0.5, 0.6) is 0 Å². The summed E-state index contributed by atoms with van der Waals surface area (Å²) in [5.41, 5.74) is 2.14. The number of fused-ring (bicyclic) bond motifs is 4. The Morgan fingerprint density at radius 2 is 1.36 bits per heavy atom. The Morgan fingerprint density at radius 1 is 0.680 bits per heavy atom. The van der Waals surface area contributed by atoms with Gasteiger partial charge in [0.2, 0.25) is 0 Å². The minimum Gasteiger partial charge on any atom is -0.305 e. The maximum Gasteiger partial charge on any atom is 0.345 e. The molecule has 3 nitrogen and oxygen atoms in total. The molecule has 5 aromatic rings. The number of rotatable bonds is 1. The van der Waals surface area contributed by atoms with Crippen LogP contribution in [-0.2, 0) is 0 Å². The zero-order valence-electron chi connectivity index (χ0n) is 13.4. The molecular weight excluding hydrogens is 308 g/mol. The summed E-state index contributed by atoms with van der Waals surface area (Å²) in [6.07, 6.45) is 0. The normalized spacial score (nSPS) is 11.4. The van der Waals surface area contributed by atoms with Gasteiger partial charge in [0.05, 0.1) is 11.2 Å². The van der Waals surface area contributed by atoms with E-state index in [2.05, 4.69) is 52.4 Å². The molecule has 0 bridgehead atoms. The summed E-state index contributed by atoms with van der Waals surface area (Å²) < 4.78 is 0. The Kier molecular flexibility index (Phi) is 2.94. The lowest BCUT2D eigenvalue weighted by molar-refractivity contribution is 1.12. The fourth-order valence-corrected chi connectivity index (χ4v) is 3.47. The molecule has 5 rings (SSSR count). The van der Waals surface area contributed by atoms with Gasteiger partial charge in [-0.3, -0.25) is 0 Å². The summed E-state index contributed by atoms with van der Waals surface area (Å²) in [5, 5.41) is 5.70. The Morgan fingerprint density at radius 3 is 2.24 bits per heavy atom. The summed E-state index contributed by atoms with van der Waals surface area (Å²) in [6, 6.07) is 26.6. The number of nitrogens with zero attached hydrogens (tertiary/aromatic N) is 1. The Hall–Kier alpha value is -3.46. The third-order valence-corrected chi connectivity index (χ3v) is 4.66. The second-order valence-corrected chi connectivity index (χ2v) is 6.16. The third kappa shape index (κ3) is 2.21. The van der Waals surface area contributed by atoms with Gasteiger partial charge in [-0.1, -0.05) is 66.7 Å². The molecule has 0 aliphatic rings. The average molecular weight is 322 g/mol. The first kappa shape index (κ1) is 13.9. The molecule has 1 heterocycles. The molecule has 0 atom stereocenters. The number of nitrogens with one attached hydrogen (secondary N) is 1. The maximum atomic E-state index is 12.0. The van der Waals surface area contributed by atoms with E-state index in [0.29, 0.717) is 5.69 Å². The van der Waals surface area contributed by atoms with Crippen LogP contribution in [-0.4, -0.2) is 9.97 Å². The van der Waals surface area contributed by atoms with Gasteiger partial charge >= 0.3 is 5.69 Å². The van der Waals surface area contributed by atoms with E-state index in [1.54, 1.807) is 0 Å². The van der Waals surface area contributed by atoms with E-state index in [-0.39, 0.29) is 5.69 Å². The van der Waals surface area contributed by atoms with Crippen molar-refractivity contribution in [1.29, 1.82) is 0 Å². The highest BCUT2D eigenvalue weighted by molar-refractivity contribution is 6.09. The van der Waals surface area contributed by atoms with Gasteiger partial charge in [-0.25, -0.2) is 4.79 Å². The van der Waals surface area contributed by atoms with Crippen molar-refractivity contribution in [3.8, 4) is 11.3 Å². The first-order chi connectivity index (χ1) is 12.3. The van der Waals surface area contributed by atoms with Crippen LogP contribution >= 0.6 is 0 Å². The number of H-pyrrole nitrogens is 1. The van der Waals surface area contributed by atoms with Crippen LogP contribution in [0.4, 0.5) is 0 Å². The average Bonchev–Trinajstić information content (AvgIpc) is 2.67. The van der Waals surface area contributed by atoms with Gasteiger partial charge in [0.1, 0.15) is 0 Å². The fourth-order valence-electron chi connectivity index (χ4n) is 3.47. The standard InChI is InChI=1S/C22H14N2O/c25-22-23-20-8-4-3-7-18(20)21(24-22)16-12-11-15-10-9-14-5-1-2-6-17(14)19(15)13-16/h1-13H,(H,23,24,25). The number of aromatic nitrogens is 2. The highest BCUT2D eigenvalue weighted by atomic mass is 16.1. The summed E-state index contributed by atoms with van der Waals surface area (Å²) in [7, 11) is 0. The van der Waals surface area contributed by atoms with Gasteiger partial charge in [-0.15, -0.1) is 0 Å². The van der Waals surface area contributed by atoms with Crippen molar-refractivity contribution in [2.45, 2.75) is 0 Å². The molecule has 3 heteroatoms. The summed E-state index contributed by atoms with van der Waals surface area (Å²) in [4.78, 5) is 19.0. The summed E-state index contributed by atoms with van der Waals surface area (Å²) in [6.45, 7) is 0. The van der Waals surface area contributed by atoms with Crippen molar-refractivity contribution in [2.75, 3.05) is 0 Å². The fraction of sp³-hybridized carbons (Fsp3) is 0. The van der Waals surface area contributed by atoms with Crippen molar-refractivity contribution in [3.63, 3.8) is 0 Å². The molecule has 4 aromatic carbocycles. The van der Waals surface area contributed by atoms with E-state index in [1.165, 1.54) is 21.5 Å². The minimum absolute atomic E-state index is 0.327. The van der Waals surface area contributed by atoms with Gasteiger partial charge in [-0.05, 0) is 33.7 Å². The first-order valence-corrected chi connectivity index (χ1v) is 8.20. The lowest BCUT2D eigenvalue weighted by Crippen LogP contribution is -2.11. The van der Waals surface area contributed by atoms with Gasteiger partial charge in [0.15, 0.2) is 0 Å². The number of hydrogen-bond acceptors (Lipinski definition) is 2. The second kappa shape index (κ2) is 5.28. The van der Waals surface area contributed by atoms with E-state index in [0.717, 1.165) is 16.5 Å². The largest absolute Gasteiger partial charge is 0.345 e. The molecule has 1 aromatic heterocycles. The molecule has 0 saturated carbocycles. The van der Waals surface area contributed by atoms with Crippen molar-refractivity contribution >= 4 is 32.4 Å². The van der Waals surface area contributed by atoms with E-state index < -0.39 is 0 Å². The van der Waals surface area contributed by atoms with E-state index >= 15 is 0 Å². The predicted molar refractivity (Wildman–Crippen MR) is 103 cm³/mol. The Bertz CT molecular complexity index is 1320. The molecule has 25 heavy (non-hydrogen) atoms. The van der Waals surface area contributed by atoms with Crippen molar-refractivity contribution < 1.29 is 0 Å². The van der Waals surface area contributed by atoms with Gasteiger partial charge < -0.3 is 4.98 Å². The van der Waals surface area contributed by atoms with Crippen molar-refractivity contribution in [1.82, 2.24) is 9.97 Å². The lowest BCUT2D eigenvalue weighted by Gasteiger charge is -2.08. The third-order valence-electron chi connectivity index (χ3n) is 4.66. The van der Waals surface area contributed by atoms with Crippen LogP contribution in [0, 0.1) is 0 Å². The zero-order chi connectivity index (χ0) is 16.8. The smallest absolute Gasteiger partial charge is 0.305 e. The van der Waals surface area contributed by atoms with Crippen LogP contribution in [0.25, 0.3) is 43.7 Å². The molecule has 0 aliphatic carbocycles. The summed E-state index contributed by atoms with van der Waals surface area (Å²) >= 11 is 0. The van der Waals surface area contributed by atoms with E-state index in [1.807, 2.05) is 36.4 Å². The van der Waals surface area contributed by atoms with Crippen molar-refractivity contribution in [3.05, 3.63) is 89.3 Å².